The number of aromatic nitrogens is 2. The van der Waals surface area contributed by atoms with Crippen molar-refractivity contribution in [3.8, 4) is 16.2 Å². The number of carbonyl (C=O) groups is 2. The van der Waals surface area contributed by atoms with Crippen LogP contribution in [0.2, 0.25) is 0 Å². The Bertz CT molecular complexity index is 1470. The maximum atomic E-state index is 15.7. The second-order valence-electron chi connectivity index (χ2n) is 9.80. The van der Waals surface area contributed by atoms with Crippen LogP contribution in [0.5, 0.6) is 5.75 Å². The van der Waals surface area contributed by atoms with Crippen molar-refractivity contribution in [2.75, 3.05) is 27.0 Å². The van der Waals surface area contributed by atoms with Gasteiger partial charge in [-0.15, -0.1) is 11.3 Å². The fourth-order valence-corrected chi connectivity index (χ4v) is 6.87. The minimum absolute atomic E-state index is 0.00112. The summed E-state index contributed by atoms with van der Waals surface area (Å²) in [6, 6.07) is 1.25. The van der Waals surface area contributed by atoms with Gasteiger partial charge in [-0.3, -0.25) is 14.4 Å². The van der Waals surface area contributed by atoms with Gasteiger partial charge in [0.1, 0.15) is 29.6 Å². The van der Waals surface area contributed by atoms with Gasteiger partial charge >= 0.3 is 0 Å². The molecule has 3 aromatic rings. The largest absolute Gasteiger partial charge is 0.487 e. The Morgan fingerprint density at radius 2 is 2.03 bits per heavy atom. The number of pyridine rings is 1. The predicted molar refractivity (Wildman–Crippen MR) is 140 cm³/mol. The molecule has 1 saturated heterocycles. The number of ether oxygens (including phenoxy) is 1. The number of fused-ring (bicyclic) bond motifs is 1. The molecule has 194 valence electrons. The maximum absolute atomic E-state index is 15.7. The van der Waals surface area contributed by atoms with E-state index < -0.39 is 13.0 Å². The molecule has 1 fully saturated rings. The summed E-state index contributed by atoms with van der Waals surface area (Å²) in [5, 5.41) is 3.22. The zero-order chi connectivity index (χ0) is 26.5. The third kappa shape index (κ3) is 4.74. The number of thiophene rings is 1. The maximum Gasteiger partial charge on any atom is 0.274 e. The SMILES string of the molecule is CC(C)NC(=O)c1cc2c(-c3sc(P(C)(C)=O)c(F)c3OCC3CCC(=O)N3C)cn(C)c(=O)c2[nH]1. The van der Waals surface area contributed by atoms with Gasteiger partial charge in [0.05, 0.1) is 10.9 Å². The fraction of sp³-hybridized carbons (Fsp3) is 0.458. The normalized spacial score (nSPS) is 16.4. The molecule has 36 heavy (non-hydrogen) atoms. The van der Waals surface area contributed by atoms with Gasteiger partial charge in [-0.1, -0.05) is 0 Å². The number of hydrogen-bond donors (Lipinski definition) is 2. The lowest BCUT2D eigenvalue weighted by Gasteiger charge is -2.20. The quantitative estimate of drug-likeness (QED) is 0.451. The van der Waals surface area contributed by atoms with Crippen molar-refractivity contribution < 1.29 is 23.3 Å². The highest BCUT2D eigenvalue weighted by Gasteiger charge is 2.32. The van der Waals surface area contributed by atoms with Gasteiger partial charge < -0.3 is 29.1 Å². The smallest absolute Gasteiger partial charge is 0.274 e. The molecule has 4 rings (SSSR count). The number of aromatic amines is 1. The number of aryl methyl sites for hydroxylation is 1. The Labute approximate surface area is 212 Å². The fourth-order valence-electron chi connectivity index (χ4n) is 4.25. The Balaban J connectivity index is 1.87. The Kier molecular flexibility index (Phi) is 6.92. The summed E-state index contributed by atoms with van der Waals surface area (Å²) in [7, 11) is 0.248. The van der Waals surface area contributed by atoms with Gasteiger partial charge in [0.2, 0.25) is 5.91 Å². The van der Waals surface area contributed by atoms with Crippen molar-refractivity contribution in [3.63, 3.8) is 0 Å². The van der Waals surface area contributed by atoms with Crippen molar-refractivity contribution in [2.45, 2.75) is 38.8 Å². The van der Waals surface area contributed by atoms with E-state index in [9.17, 15) is 18.9 Å². The molecule has 4 heterocycles. The van der Waals surface area contributed by atoms with E-state index in [1.165, 1.54) is 17.9 Å². The van der Waals surface area contributed by atoms with Gasteiger partial charge in [-0.2, -0.15) is 0 Å². The topological polar surface area (TPSA) is 113 Å². The van der Waals surface area contributed by atoms with E-state index in [-0.39, 0.29) is 57.6 Å². The van der Waals surface area contributed by atoms with E-state index in [0.717, 1.165) is 11.3 Å². The van der Waals surface area contributed by atoms with E-state index in [2.05, 4.69) is 10.3 Å². The average molecular weight is 537 g/mol. The van der Waals surface area contributed by atoms with Gasteiger partial charge in [-0.05, 0) is 39.7 Å². The van der Waals surface area contributed by atoms with Crippen LogP contribution in [0.4, 0.5) is 4.39 Å². The van der Waals surface area contributed by atoms with Crippen molar-refractivity contribution in [3.05, 3.63) is 34.1 Å². The Morgan fingerprint density at radius 3 is 2.61 bits per heavy atom. The predicted octanol–water partition coefficient (Wildman–Crippen LogP) is 3.12. The van der Waals surface area contributed by atoms with E-state index >= 15 is 4.39 Å². The third-order valence-electron chi connectivity index (χ3n) is 6.21. The van der Waals surface area contributed by atoms with Gasteiger partial charge in [-0.25, -0.2) is 4.39 Å². The molecule has 0 aromatic carbocycles. The van der Waals surface area contributed by atoms with Gasteiger partial charge in [0.25, 0.3) is 11.5 Å². The summed E-state index contributed by atoms with van der Waals surface area (Å²) in [5.41, 5.74) is 0.523. The Morgan fingerprint density at radius 1 is 1.33 bits per heavy atom. The molecular weight excluding hydrogens is 506 g/mol. The van der Waals surface area contributed by atoms with E-state index in [4.69, 9.17) is 4.74 Å². The number of nitrogens with one attached hydrogen (secondary N) is 2. The van der Waals surface area contributed by atoms with Crippen LogP contribution in [-0.4, -0.2) is 65.3 Å². The Hall–Kier alpha value is -2.91. The molecule has 0 spiro atoms. The molecule has 0 aliphatic carbocycles. The number of hydrogen-bond acceptors (Lipinski definition) is 6. The van der Waals surface area contributed by atoms with Crippen molar-refractivity contribution >= 4 is 45.8 Å². The molecule has 2 amide bonds. The molecule has 0 saturated carbocycles. The molecule has 3 aromatic heterocycles. The number of nitrogens with zero attached hydrogens (tertiary/aromatic N) is 2. The molecular formula is C24H30FN4O5PS. The highest BCUT2D eigenvalue weighted by Crippen LogP contribution is 2.48. The number of H-pyrrole nitrogens is 1. The lowest BCUT2D eigenvalue weighted by molar-refractivity contribution is -0.127. The highest BCUT2D eigenvalue weighted by molar-refractivity contribution is 7.75. The average Bonchev–Trinajstić information content (AvgIpc) is 3.46. The lowest BCUT2D eigenvalue weighted by Crippen LogP contribution is -2.33. The number of carbonyl (C=O) groups excluding carboxylic acids is 2. The van der Waals surface area contributed by atoms with Crippen LogP contribution in [-0.2, 0) is 16.4 Å². The first-order valence-corrected chi connectivity index (χ1v) is 15.0. The zero-order valence-electron chi connectivity index (χ0n) is 21.1. The van der Waals surface area contributed by atoms with E-state index in [0.29, 0.717) is 28.7 Å². The summed E-state index contributed by atoms with van der Waals surface area (Å²) in [6.07, 6.45) is 2.56. The van der Waals surface area contributed by atoms with Gasteiger partial charge in [0, 0.05) is 43.7 Å². The van der Waals surface area contributed by atoms with Crippen molar-refractivity contribution in [1.82, 2.24) is 19.8 Å². The van der Waals surface area contributed by atoms with Crippen LogP contribution in [0, 0.1) is 5.82 Å². The summed E-state index contributed by atoms with van der Waals surface area (Å²) in [6.45, 7) is 6.70. The number of likely N-dealkylation sites (N-methyl/N-ethyl adjacent to an activating group) is 1. The van der Waals surface area contributed by atoms with Gasteiger partial charge in [0.15, 0.2) is 11.6 Å². The molecule has 1 aliphatic rings. The molecule has 12 heteroatoms. The van der Waals surface area contributed by atoms with Crippen molar-refractivity contribution in [2.24, 2.45) is 7.05 Å². The van der Waals surface area contributed by atoms with Crippen LogP contribution in [0.3, 0.4) is 0 Å². The van der Waals surface area contributed by atoms with Crippen molar-refractivity contribution in [1.29, 1.82) is 0 Å². The minimum Gasteiger partial charge on any atom is -0.487 e. The summed E-state index contributed by atoms with van der Waals surface area (Å²) in [4.78, 5) is 42.3. The second kappa shape index (κ2) is 9.52. The summed E-state index contributed by atoms with van der Waals surface area (Å²) in [5.74, 6) is -1.14. The minimum atomic E-state index is -3.00. The lowest BCUT2D eigenvalue weighted by atomic mass is 10.1. The summed E-state index contributed by atoms with van der Waals surface area (Å²) >= 11 is 1.01. The first kappa shape index (κ1) is 26.2. The molecule has 2 N–H and O–H groups in total. The first-order valence-electron chi connectivity index (χ1n) is 11.6. The van der Waals surface area contributed by atoms with Crippen LogP contribution in [0.25, 0.3) is 21.3 Å². The van der Waals surface area contributed by atoms with E-state index in [1.807, 2.05) is 13.8 Å². The van der Waals surface area contributed by atoms with E-state index in [1.54, 1.807) is 31.3 Å². The zero-order valence-corrected chi connectivity index (χ0v) is 22.8. The molecule has 9 nitrogen and oxygen atoms in total. The monoisotopic (exact) mass is 536 g/mol. The number of amides is 2. The number of likely N-dealkylation sites (tertiary alicyclic amines) is 1. The van der Waals surface area contributed by atoms with Crippen LogP contribution in [0.1, 0.15) is 37.2 Å². The standard InChI is InChI=1S/C24H30FN4O5PS/c1-12(2)26-22(31)16-9-14-15(10-28(3)23(32)19(14)27-16)21-20(18(25)24(36-21)35(5,6)33)34-11-13-7-8-17(30)29(13)4/h9-10,12-13,27H,7-8,11H2,1-6H3,(H,26,31). The summed E-state index contributed by atoms with van der Waals surface area (Å²) < 4.78 is 36.0. The molecule has 1 unspecified atom stereocenters. The number of halogens is 1. The molecule has 1 aliphatic heterocycles. The number of rotatable bonds is 7. The second-order valence-corrected chi connectivity index (χ2v) is 14.3. The molecule has 0 radical (unpaired) electrons. The first-order chi connectivity index (χ1) is 16.8. The molecule has 1 atom stereocenters. The van der Waals surface area contributed by atoms with Crippen LogP contribution >= 0.6 is 18.5 Å². The molecule has 0 bridgehead atoms. The van der Waals surface area contributed by atoms with Crippen LogP contribution in [0.15, 0.2) is 17.1 Å². The third-order valence-corrected chi connectivity index (χ3v) is 9.96. The highest BCUT2D eigenvalue weighted by atomic mass is 32.1. The van der Waals surface area contributed by atoms with Crippen LogP contribution < -0.4 is 20.2 Å².